The first kappa shape index (κ1) is 20.1. The number of carbonyl (C=O) groups is 1. The highest BCUT2D eigenvalue weighted by Gasteiger charge is 2.33. The normalized spacial score (nSPS) is 18.6. The number of nitrogens with zero attached hydrogens (tertiary/aromatic N) is 2. The van der Waals surface area contributed by atoms with Gasteiger partial charge in [-0.1, -0.05) is 36.4 Å². The molecule has 3 aromatic rings. The number of hydrogen-bond acceptors (Lipinski definition) is 7. The maximum Gasteiger partial charge on any atom is 0.234 e. The molecule has 0 aliphatic carbocycles. The van der Waals surface area contributed by atoms with Crippen LogP contribution >= 0.6 is 23.1 Å². The van der Waals surface area contributed by atoms with Crippen molar-refractivity contribution < 1.29 is 9.53 Å². The van der Waals surface area contributed by atoms with E-state index in [-0.39, 0.29) is 17.3 Å². The van der Waals surface area contributed by atoms with E-state index in [1.807, 2.05) is 31.2 Å². The molecule has 29 heavy (non-hydrogen) atoms. The molecule has 0 radical (unpaired) electrons. The predicted molar refractivity (Wildman–Crippen MR) is 120 cm³/mol. The van der Waals surface area contributed by atoms with Crippen molar-refractivity contribution in [1.29, 1.82) is 0 Å². The maximum atomic E-state index is 12.3. The lowest BCUT2D eigenvalue weighted by Crippen LogP contribution is -2.33. The number of ether oxygens (including phenoxy) is 1. The zero-order chi connectivity index (χ0) is 20.6. The second-order valence-corrected chi connectivity index (χ2v) is 9.57. The molecule has 1 aliphatic rings. The Morgan fingerprint density at radius 1 is 1.34 bits per heavy atom. The quantitative estimate of drug-likeness (QED) is 0.458. The molecule has 6 nitrogen and oxygen atoms in total. The predicted octanol–water partition coefficient (Wildman–Crippen LogP) is 4.55. The maximum absolute atomic E-state index is 12.3. The van der Waals surface area contributed by atoms with Crippen LogP contribution in [0.2, 0.25) is 0 Å². The van der Waals surface area contributed by atoms with E-state index in [4.69, 9.17) is 10.5 Å². The van der Waals surface area contributed by atoms with E-state index in [1.165, 1.54) is 22.2 Å². The number of amides is 1. The summed E-state index contributed by atoms with van der Waals surface area (Å²) >= 11 is 2.90. The van der Waals surface area contributed by atoms with Crippen LogP contribution in [0.5, 0.6) is 0 Å². The lowest BCUT2D eigenvalue weighted by Gasteiger charge is -2.33. The Kier molecular flexibility index (Phi) is 5.50. The minimum Gasteiger partial charge on any atom is -0.383 e. The number of aryl methyl sites for hydroxylation is 1. The van der Waals surface area contributed by atoms with Gasteiger partial charge in [0.15, 0.2) is 5.16 Å². The van der Waals surface area contributed by atoms with Gasteiger partial charge in [-0.25, -0.2) is 9.97 Å². The van der Waals surface area contributed by atoms with Crippen LogP contribution in [-0.4, -0.2) is 27.2 Å². The fourth-order valence-corrected chi connectivity index (χ4v) is 5.15. The zero-order valence-electron chi connectivity index (χ0n) is 16.7. The third-order valence-electron chi connectivity index (χ3n) is 5.26. The number of aromatic nitrogens is 2. The minimum absolute atomic E-state index is 0.0984. The highest BCUT2D eigenvalue weighted by atomic mass is 32.2. The van der Waals surface area contributed by atoms with Gasteiger partial charge in [-0.3, -0.25) is 4.79 Å². The standard InChI is InChI=1S/C21H24N4O2S2/c1-4-21(3)9-14-15(10-27-21)29-19-17(14)18(22)24-20(25-19)28-11-16(26)23-13-7-5-12(2)6-8-13/h5-8H,4,9-11H2,1-3H3,(H,23,26)(H2,22,24,25)/t21-/m1/s1. The van der Waals surface area contributed by atoms with Crippen LogP contribution in [0, 0.1) is 6.92 Å². The smallest absolute Gasteiger partial charge is 0.234 e. The molecule has 0 spiro atoms. The fraction of sp³-hybridized carbons (Fsp3) is 0.381. The van der Waals surface area contributed by atoms with Gasteiger partial charge in [0.25, 0.3) is 0 Å². The molecule has 8 heteroatoms. The molecule has 0 bridgehead atoms. The van der Waals surface area contributed by atoms with Gasteiger partial charge in [0, 0.05) is 17.0 Å². The van der Waals surface area contributed by atoms with E-state index in [1.54, 1.807) is 11.3 Å². The Morgan fingerprint density at radius 3 is 2.83 bits per heavy atom. The van der Waals surface area contributed by atoms with Crippen molar-refractivity contribution in [2.75, 3.05) is 16.8 Å². The van der Waals surface area contributed by atoms with Crippen LogP contribution in [0.4, 0.5) is 11.5 Å². The summed E-state index contributed by atoms with van der Waals surface area (Å²) in [4.78, 5) is 23.4. The van der Waals surface area contributed by atoms with Gasteiger partial charge >= 0.3 is 0 Å². The Hall–Kier alpha value is -2.16. The molecule has 0 saturated heterocycles. The van der Waals surface area contributed by atoms with Crippen LogP contribution in [0.25, 0.3) is 10.2 Å². The third kappa shape index (κ3) is 4.24. The van der Waals surface area contributed by atoms with Crippen LogP contribution < -0.4 is 11.1 Å². The molecular formula is C21H24N4O2S2. The largest absolute Gasteiger partial charge is 0.383 e. The Labute approximate surface area is 178 Å². The summed E-state index contributed by atoms with van der Waals surface area (Å²) in [5, 5.41) is 4.35. The number of rotatable bonds is 5. The van der Waals surface area contributed by atoms with E-state index < -0.39 is 0 Å². The van der Waals surface area contributed by atoms with E-state index in [0.29, 0.717) is 17.6 Å². The summed E-state index contributed by atoms with van der Waals surface area (Å²) in [5.41, 5.74) is 9.27. The van der Waals surface area contributed by atoms with E-state index in [0.717, 1.165) is 34.3 Å². The molecular weight excluding hydrogens is 404 g/mol. The highest BCUT2D eigenvalue weighted by Crippen LogP contribution is 2.41. The molecule has 1 amide bonds. The second kappa shape index (κ2) is 7.93. The van der Waals surface area contributed by atoms with E-state index >= 15 is 0 Å². The molecule has 1 aromatic carbocycles. The van der Waals surface area contributed by atoms with Crippen molar-refractivity contribution in [3.8, 4) is 0 Å². The average molecular weight is 429 g/mol. The fourth-order valence-electron chi connectivity index (χ4n) is 3.34. The topological polar surface area (TPSA) is 90.1 Å². The lowest BCUT2D eigenvalue weighted by atomic mass is 9.90. The molecule has 4 rings (SSSR count). The minimum atomic E-state index is -0.172. The number of thiophene rings is 1. The SMILES string of the molecule is CC[C@]1(C)Cc2c(sc3nc(SCC(=O)Nc4ccc(C)cc4)nc(N)c23)CO1. The number of nitrogen functional groups attached to an aromatic ring is 1. The van der Waals surface area contributed by atoms with E-state index in [2.05, 4.69) is 29.1 Å². The Bertz CT molecular complexity index is 1060. The summed E-state index contributed by atoms with van der Waals surface area (Å²) in [7, 11) is 0. The number of fused-ring (bicyclic) bond motifs is 3. The number of nitrogens with one attached hydrogen (secondary N) is 1. The van der Waals surface area contributed by atoms with Gasteiger partial charge in [0.2, 0.25) is 5.91 Å². The summed E-state index contributed by atoms with van der Waals surface area (Å²) in [6.07, 6.45) is 1.76. The first-order valence-electron chi connectivity index (χ1n) is 9.58. The number of thioether (sulfide) groups is 1. The summed E-state index contributed by atoms with van der Waals surface area (Å²) in [6.45, 7) is 6.86. The van der Waals surface area contributed by atoms with E-state index in [9.17, 15) is 4.79 Å². The molecule has 1 atom stereocenters. The van der Waals surface area contributed by atoms with Crippen LogP contribution in [0.3, 0.4) is 0 Å². The second-order valence-electron chi connectivity index (χ2n) is 7.55. The van der Waals surface area contributed by atoms with Crippen molar-refractivity contribution >= 4 is 50.7 Å². The summed E-state index contributed by atoms with van der Waals surface area (Å²) in [5.74, 6) is 0.606. The summed E-state index contributed by atoms with van der Waals surface area (Å²) < 4.78 is 6.05. The number of anilines is 2. The number of benzene rings is 1. The summed E-state index contributed by atoms with van der Waals surface area (Å²) in [6, 6.07) is 7.71. The van der Waals surface area contributed by atoms with Gasteiger partial charge in [-0.2, -0.15) is 0 Å². The van der Waals surface area contributed by atoms with Gasteiger partial charge in [-0.15, -0.1) is 11.3 Å². The van der Waals surface area contributed by atoms with Crippen LogP contribution in [0.15, 0.2) is 29.4 Å². The monoisotopic (exact) mass is 428 g/mol. The van der Waals surface area contributed by atoms with Gasteiger partial charge in [-0.05, 0) is 38.0 Å². The number of hydrogen-bond donors (Lipinski definition) is 2. The van der Waals surface area contributed by atoms with Crippen molar-refractivity contribution in [3.63, 3.8) is 0 Å². The molecule has 3 heterocycles. The number of nitrogens with two attached hydrogens (primary N) is 1. The number of carbonyl (C=O) groups excluding carboxylic acids is 1. The van der Waals surface area contributed by atoms with Gasteiger partial charge in [0.1, 0.15) is 10.6 Å². The molecule has 0 saturated carbocycles. The molecule has 0 fully saturated rings. The molecule has 3 N–H and O–H groups in total. The highest BCUT2D eigenvalue weighted by molar-refractivity contribution is 7.99. The Morgan fingerprint density at radius 2 is 2.10 bits per heavy atom. The van der Waals surface area contributed by atoms with Crippen molar-refractivity contribution in [2.45, 2.75) is 51.0 Å². The lowest BCUT2D eigenvalue weighted by molar-refractivity contribution is -0.113. The van der Waals surface area contributed by atoms with Crippen molar-refractivity contribution in [1.82, 2.24) is 9.97 Å². The first-order chi connectivity index (χ1) is 13.9. The van der Waals surface area contributed by atoms with Gasteiger partial charge < -0.3 is 15.8 Å². The molecule has 2 aromatic heterocycles. The van der Waals surface area contributed by atoms with Crippen molar-refractivity contribution in [3.05, 3.63) is 40.3 Å². The zero-order valence-corrected chi connectivity index (χ0v) is 18.4. The first-order valence-corrected chi connectivity index (χ1v) is 11.4. The van der Waals surface area contributed by atoms with Crippen LogP contribution in [0.1, 0.15) is 36.3 Å². The molecule has 0 unspecified atom stereocenters. The van der Waals surface area contributed by atoms with Crippen LogP contribution in [-0.2, 0) is 22.6 Å². The van der Waals surface area contributed by atoms with Gasteiger partial charge in [0.05, 0.1) is 23.3 Å². The Balaban J connectivity index is 1.49. The molecule has 1 aliphatic heterocycles. The third-order valence-corrected chi connectivity index (χ3v) is 7.21. The molecule has 152 valence electrons. The average Bonchev–Trinajstić information content (AvgIpc) is 3.06. The van der Waals surface area contributed by atoms with Crippen molar-refractivity contribution in [2.24, 2.45) is 0 Å².